The van der Waals surface area contributed by atoms with Gasteiger partial charge in [0.05, 0.1) is 18.4 Å². The first-order chi connectivity index (χ1) is 12.7. The predicted octanol–water partition coefficient (Wildman–Crippen LogP) is 1.64. The third kappa shape index (κ3) is 3.12. The highest BCUT2D eigenvalue weighted by molar-refractivity contribution is 5.78. The first-order valence-electron chi connectivity index (χ1n) is 8.91. The van der Waals surface area contributed by atoms with Crippen molar-refractivity contribution in [3.8, 4) is 6.07 Å². The smallest absolute Gasteiger partial charge is 0.223 e. The number of carbonyl (C=O) groups excluding carboxylic acids is 1. The molecule has 0 spiro atoms. The Morgan fingerprint density at radius 3 is 2.73 bits per heavy atom. The summed E-state index contributed by atoms with van der Waals surface area (Å²) in [5, 5.41) is 12.1. The number of hydrogen-bond acceptors (Lipinski definition) is 6. The molecule has 1 saturated carbocycles. The number of anilines is 1. The molecule has 26 heavy (non-hydrogen) atoms. The molecule has 1 saturated heterocycles. The second-order valence-electron chi connectivity index (χ2n) is 6.95. The molecule has 1 amide bonds. The monoisotopic (exact) mass is 351 g/mol. The van der Waals surface area contributed by atoms with Gasteiger partial charge in [0.1, 0.15) is 17.7 Å². The van der Waals surface area contributed by atoms with Gasteiger partial charge in [0.25, 0.3) is 0 Å². The van der Waals surface area contributed by atoms with E-state index >= 15 is 0 Å². The molecular weight excluding hydrogens is 330 g/mol. The van der Waals surface area contributed by atoms with Crippen molar-refractivity contribution in [2.24, 2.45) is 13.0 Å². The largest absolute Gasteiger partial charge is 0.368 e. The summed E-state index contributed by atoms with van der Waals surface area (Å²) in [6.07, 6.45) is 10.3. The Morgan fingerprint density at radius 1 is 1.27 bits per heavy atom. The van der Waals surface area contributed by atoms with Crippen molar-refractivity contribution in [2.75, 3.05) is 11.9 Å². The summed E-state index contributed by atoms with van der Waals surface area (Å²) < 4.78 is 2.01. The summed E-state index contributed by atoms with van der Waals surface area (Å²) in [5.41, 5.74) is 0.296. The Labute approximate surface area is 151 Å². The number of imidazole rings is 1. The minimum absolute atomic E-state index is 0.0254. The number of nitrogens with one attached hydrogen (secondary N) is 1. The van der Waals surface area contributed by atoms with Crippen molar-refractivity contribution in [2.45, 2.75) is 37.8 Å². The van der Waals surface area contributed by atoms with Crippen molar-refractivity contribution in [3.63, 3.8) is 0 Å². The van der Waals surface area contributed by atoms with Crippen LogP contribution >= 0.6 is 0 Å². The van der Waals surface area contributed by atoms with E-state index in [2.05, 4.69) is 25.2 Å². The molecule has 2 aliphatic rings. The zero-order chi connectivity index (χ0) is 18.1. The fraction of sp³-hybridized carbons (Fsp3) is 0.500. The van der Waals surface area contributed by atoms with Crippen LogP contribution in [-0.2, 0) is 11.8 Å². The van der Waals surface area contributed by atoms with Gasteiger partial charge < -0.3 is 14.8 Å². The van der Waals surface area contributed by atoms with Crippen LogP contribution in [0, 0.1) is 17.2 Å². The third-order valence-electron chi connectivity index (χ3n) is 5.14. The Balaban J connectivity index is 1.55. The van der Waals surface area contributed by atoms with E-state index < -0.39 is 0 Å². The highest BCUT2D eigenvalue weighted by Crippen LogP contribution is 2.42. The zero-order valence-electron chi connectivity index (χ0n) is 14.7. The van der Waals surface area contributed by atoms with Gasteiger partial charge in [0, 0.05) is 44.4 Å². The first kappa shape index (κ1) is 16.5. The molecule has 0 aromatic carbocycles. The van der Waals surface area contributed by atoms with Gasteiger partial charge in [-0.25, -0.2) is 15.0 Å². The van der Waals surface area contributed by atoms with Gasteiger partial charge in [-0.1, -0.05) is 0 Å². The predicted molar refractivity (Wildman–Crippen MR) is 93.8 cm³/mol. The van der Waals surface area contributed by atoms with Crippen LogP contribution in [0.2, 0.25) is 0 Å². The molecule has 2 aromatic rings. The maximum absolute atomic E-state index is 12.6. The number of hydrogen-bond donors (Lipinski definition) is 1. The fourth-order valence-corrected chi connectivity index (χ4v) is 3.69. The molecule has 2 fully saturated rings. The number of amides is 1. The van der Waals surface area contributed by atoms with Crippen molar-refractivity contribution < 1.29 is 4.79 Å². The number of rotatable bonds is 5. The zero-order valence-corrected chi connectivity index (χ0v) is 14.7. The lowest BCUT2D eigenvalue weighted by Gasteiger charge is -2.41. The van der Waals surface area contributed by atoms with E-state index in [1.807, 2.05) is 23.9 Å². The van der Waals surface area contributed by atoms with Crippen molar-refractivity contribution in [3.05, 3.63) is 36.3 Å². The maximum Gasteiger partial charge on any atom is 0.223 e. The van der Waals surface area contributed by atoms with E-state index in [-0.39, 0.29) is 17.9 Å². The van der Waals surface area contributed by atoms with Crippen LogP contribution in [0.5, 0.6) is 0 Å². The lowest BCUT2D eigenvalue weighted by atomic mass is 9.87. The van der Waals surface area contributed by atoms with E-state index in [1.54, 1.807) is 12.4 Å². The summed E-state index contributed by atoms with van der Waals surface area (Å²) in [5.74, 6) is 2.04. The molecule has 2 aromatic heterocycles. The van der Waals surface area contributed by atoms with Crippen LogP contribution in [-0.4, -0.2) is 42.9 Å². The lowest BCUT2D eigenvalue weighted by molar-refractivity contribution is -0.140. The molecule has 1 N–H and O–H groups in total. The summed E-state index contributed by atoms with van der Waals surface area (Å²) in [7, 11) is 1.98. The lowest BCUT2D eigenvalue weighted by Crippen LogP contribution is -2.46. The van der Waals surface area contributed by atoms with E-state index in [9.17, 15) is 4.79 Å². The average Bonchev–Trinajstić information content (AvgIpc) is 3.41. The van der Waals surface area contributed by atoms with Crippen LogP contribution in [0.3, 0.4) is 0 Å². The molecule has 1 aliphatic heterocycles. The van der Waals surface area contributed by atoms with Crippen molar-refractivity contribution in [1.29, 1.82) is 5.26 Å². The molecule has 2 atom stereocenters. The second kappa shape index (κ2) is 6.75. The van der Waals surface area contributed by atoms with Gasteiger partial charge in [0.15, 0.2) is 5.69 Å². The van der Waals surface area contributed by atoms with Gasteiger partial charge >= 0.3 is 0 Å². The molecular formula is C18H21N7O. The Morgan fingerprint density at radius 2 is 2.12 bits per heavy atom. The standard InChI is InChI=1S/C18H21N7O/c1-24-7-6-20-18(24)17-12(2-5-16(26)25(17)14-3-4-14)9-22-15-11-21-13(8-19)10-23-15/h6-7,10-12,14,17H,2-5,9H2,1H3,(H,22,23)/t12-,17+/m1/s1. The number of nitrogens with zero attached hydrogens (tertiary/aromatic N) is 6. The second-order valence-corrected chi connectivity index (χ2v) is 6.95. The number of aromatic nitrogens is 4. The average molecular weight is 351 g/mol. The Kier molecular flexibility index (Phi) is 4.29. The summed E-state index contributed by atoms with van der Waals surface area (Å²) in [6.45, 7) is 0.675. The highest BCUT2D eigenvalue weighted by Gasteiger charge is 2.45. The van der Waals surface area contributed by atoms with Gasteiger partial charge in [0.2, 0.25) is 5.91 Å². The number of aryl methyl sites for hydroxylation is 1. The molecule has 8 nitrogen and oxygen atoms in total. The number of carbonyl (C=O) groups is 1. The van der Waals surface area contributed by atoms with Gasteiger partial charge in [-0.3, -0.25) is 4.79 Å². The van der Waals surface area contributed by atoms with E-state index in [4.69, 9.17) is 5.26 Å². The van der Waals surface area contributed by atoms with Crippen molar-refractivity contribution >= 4 is 11.7 Å². The maximum atomic E-state index is 12.6. The molecule has 0 unspecified atom stereocenters. The Hall–Kier alpha value is -2.95. The summed E-state index contributed by atoms with van der Waals surface area (Å²) >= 11 is 0. The quantitative estimate of drug-likeness (QED) is 0.879. The summed E-state index contributed by atoms with van der Waals surface area (Å²) in [4.78, 5) is 27.5. The normalized spacial score (nSPS) is 22.9. The van der Waals surface area contributed by atoms with Gasteiger partial charge in [-0.2, -0.15) is 5.26 Å². The van der Waals surface area contributed by atoms with Crippen molar-refractivity contribution in [1.82, 2.24) is 24.4 Å². The number of nitriles is 1. The minimum atomic E-state index is -0.0254. The molecule has 0 bridgehead atoms. The molecule has 1 aliphatic carbocycles. The van der Waals surface area contributed by atoms with E-state index in [0.29, 0.717) is 30.5 Å². The van der Waals surface area contributed by atoms with E-state index in [0.717, 1.165) is 25.1 Å². The highest BCUT2D eigenvalue weighted by atomic mass is 16.2. The van der Waals surface area contributed by atoms with Crippen LogP contribution in [0.1, 0.15) is 43.2 Å². The number of likely N-dealkylation sites (tertiary alicyclic amines) is 1. The molecule has 134 valence electrons. The first-order valence-corrected chi connectivity index (χ1v) is 8.91. The van der Waals surface area contributed by atoms with Crippen LogP contribution in [0.4, 0.5) is 5.82 Å². The summed E-state index contributed by atoms with van der Waals surface area (Å²) in [6, 6.07) is 2.29. The SMILES string of the molecule is Cn1ccnc1[C@@H]1[C@@H](CNc2cnc(C#N)cn2)CCC(=O)N1C1CC1. The van der Waals surface area contributed by atoms with Gasteiger partial charge in [-0.05, 0) is 19.3 Å². The van der Waals surface area contributed by atoms with Crippen LogP contribution < -0.4 is 5.32 Å². The van der Waals surface area contributed by atoms with E-state index in [1.165, 1.54) is 6.20 Å². The molecule has 0 radical (unpaired) electrons. The third-order valence-corrected chi connectivity index (χ3v) is 5.14. The Bertz CT molecular complexity index is 834. The molecule has 3 heterocycles. The topological polar surface area (TPSA) is 99.7 Å². The molecule has 4 rings (SSSR count). The minimum Gasteiger partial charge on any atom is -0.368 e. The van der Waals surface area contributed by atoms with Gasteiger partial charge in [-0.15, -0.1) is 0 Å². The van der Waals surface area contributed by atoms with Crippen LogP contribution in [0.25, 0.3) is 0 Å². The number of piperidine rings is 1. The fourth-order valence-electron chi connectivity index (χ4n) is 3.69. The molecule has 8 heteroatoms. The van der Waals surface area contributed by atoms with Crippen LogP contribution in [0.15, 0.2) is 24.8 Å².